The minimum atomic E-state index is -0.144. The molecular weight excluding hydrogens is 332 g/mol. The quantitative estimate of drug-likeness (QED) is 0.913. The standard InChI is InChI=1S/C19H20N4O3/c1-12(24)21-15-4-2-3-14(9-15)17-20-10-16-18(22-17)26-8-7-23(19(16)25)11-13-5-6-13/h2-4,9-10,13H,5-8,11H2,1H3,(H,21,24). The highest BCUT2D eigenvalue weighted by Gasteiger charge is 2.31. The van der Waals surface area contributed by atoms with Crippen LogP contribution in [0.25, 0.3) is 11.4 Å². The highest BCUT2D eigenvalue weighted by molar-refractivity contribution is 5.96. The Balaban J connectivity index is 1.62. The van der Waals surface area contributed by atoms with Crippen molar-refractivity contribution in [3.05, 3.63) is 36.0 Å². The van der Waals surface area contributed by atoms with Gasteiger partial charge in [0.05, 0.1) is 6.54 Å². The Labute approximate surface area is 151 Å². The lowest BCUT2D eigenvalue weighted by Crippen LogP contribution is -2.34. The van der Waals surface area contributed by atoms with Crippen molar-refractivity contribution in [1.29, 1.82) is 0 Å². The summed E-state index contributed by atoms with van der Waals surface area (Å²) < 4.78 is 5.72. The number of nitrogens with one attached hydrogen (secondary N) is 1. The molecule has 26 heavy (non-hydrogen) atoms. The van der Waals surface area contributed by atoms with Gasteiger partial charge in [0.1, 0.15) is 12.2 Å². The lowest BCUT2D eigenvalue weighted by atomic mass is 10.1. The van der Waals surface area contributed by atoms with E-state index in [4.69, 9.17) is 4.74 Å². The maximum atomic E-state index is 12.7. The molecule has 0 radical (unpaired) electrons. The van der Waals surface area contributed by atoms with Crippen molar-refractivity contribution in [3.8, 4) is 17.3 Å². The first kappa shape index (κ1) is 16.5. The molecule has 1 aliphatic carbocycles. The number of fused-ring (bicyclic) bond motifs is 1. The number of ether oxygens (including phenoxy) is 1. The molecule has 0 unspecified atom stereocenters. The summed E-state index contributed by atoms with van der Waals surface area (Å²) in [5.74, 6) is 1.19. The molecule has 2 aromatic rings. The summed E-state index contributed by atoms with van der Waals surface area (Å²) in [6.45, 7) is 3.23. The van der Waals surface area contributed by atoms with Crippen LogP contribution in [0.15, 0.2) is 30.5 Å². The topological polar surface area (TPSA) is 84.4 Å². The normalized spacial score (nSPS) is 16.5. The van der Waals surface area contributed by atoms with E-state index in [0.717, 1.165) is 12.1 Å². The number of anilines is 1. The van der Waals surface area contributed by atoms with Gasteiger partial charge in [-0.25, -0.2) is 4.98 Å². The Morgan fingerprint density at radius 3 is 3.00 bits per heavy atom. The monoisotopic (exact) mass is 352 g/mol. The van der Waals surface area contributed by atoms with Crippen molar-refractivity contribution in [1.82, 2.24) is 14.9 Å². The van der Waals surface area contributed by atoms with Crippen molar-refractivity contribution in [2.45, 2.75) is 19.8 Å². The van der Waals surface area contributed by atoms with Gasteiger partial charge < -0.3 is 15.0 Å². The highest BCUT2D eigenvalue weighted by Crippen LogP contribution is 2.31. The summed E-state index contributed by atoms with van der Waals surface area (Å²) in [5, 5.41) is 2.74. The largest absolute Gasteiger partial charge is 0.475 e. The summed E-state index contributed by atoms with van der Waals surface area (Å²) in [5.41, 5.74) is 1.82. The fourth-order valence-corrected chi connectivity index (χ4v) is 3.01. The van der Waals surface area contributed by atoms with Crippen LogP contribution in [0.3, 0.4) is 0 Å². The van der Waals surface area contributed by atoms with Crippen LogP contribution in [0.1, 0.15) is 30.1 Å². The van der Waals surface area contributed by atoms with Gasteiger partial charge in [-0.3, -0.25) is 9.59 Å². The zero-order chi connectivity index (χ0) is 18.1. The van der Waals surface area contributed by atoms with Crippen molar-refractivity contribution >= 4 is 17.5 Å². The molecule has 0 atom stereocenters. The average molecular weight is 352 g/mol. The third kappa shape index (κ3) is 3.51. The zero-order valence-corrected chi connectivity index (χ0v) is 14.6. The molecule has 2 heterocycles. The molecule has 1 aromatic heterocycles. The number of hydrogen-bond acceptors (Lipinski definition) is 5. The number of aromatic nitrogens is 2. The summed E-state index contributed by atoms with van der Waals surface area (Å²) >= 11 is 0. The number of rotatable bonds is 4. The van der Waals surface area contributed by atoms with E-state index in [-0.39, 0.29) is 11.8 Å². The molecule has 0 saturated heterocycles. The van der Waals surface area contributed by atoms with E-state index in [1.54, 1.807) is 12.1 Å². The van der Waals surface area contributed by atoms with Crippen LogP contribution in [0.5, 0.6) is 5.88 Å². The first-order valence-corrected chi connectivity index (χ1v) is 8.77. The Morgan fingerprint density at radius 2 is 2.23 bits per heavy atom. The van der Waals surface area contributed by atoms with Gasteiger partial charge >= 0.3 is 0 Å². The third-order valence-corrected chi connectivity index (χ3v) is 4.49. The van der Waals surface area contributed by atoms with Gasteiger partial charge in [0.25, 0.3) is 5.91 Å². The smallest absolute Gasteiger partial charge is 0.261 e. The van der Waals surface area contributed by atoms with E-state index >= 15 is 0 Å². The Bertz CT molecular complexity index is 864. The van der Waals surface area contributed by atoms with Crippen LogP contribution in [0, 0.1) is 5.92 Å². The molecule has 1 aliphatic heterocycles. The van der Waals surface area contributed by atoms with E-state index in [1.807, 2.05) is 17.0 Å². The van der Waals surface area contributed by atoms with Crippen molar-refractivity contribution < 1.29 is 14.3 Å². The van der Waals surface area contributed by atoms with E-state index < -0.39 is 0 Å². The molecular formula is C19H20N4O3. The first-order chi connectivity index (χ1) is 12.6. The van der Waals surface area contributed by atoms with Gasteiger partial charge in [-0.2, -0.15) is 4.98 Å². The third-order valence-electron chi connectivity index (χ3n) is 4.49. The second-order valence-corrected chi connectivity index (χ2v) is 6.72. The number of nitrogens with zero attached hydrogens (tertiary/aromatic N) is 3. The molecule has 1 fully saturated rings. The predicted molar refractivity (Wildman–Crippen MR) is 95.9 cm³/mol. The lowest BCUT2D eigenvalue weighted by Gasteiger charge is -2.19. The van der Waals surface area contributed by atoms with Gasteiger partial charge in [-0.05, 0) is 30.9 Å². The van der Waals surface area contributed by atoms with Crippen molar-refractivity contribution in [2.24, 2.45) is 5.92 Å². The molecule has 0 spiro atoms. The fraction of sp³-hybridized carbons (Fsp3) is 0.368. The second kappa shape index (κ2) is 6.74. The Kier molecular flexibility index (Phi) is 4.28. The number of carbonyl (C=O) groups excluding carboxylic acids is 2. The zero-order valence-electron chi connectivity index (χ0n) is 14.6. The van der Waals surface area contributed by atoms with Crippen molar-refractivity contribution in [3.63, 3.8) is 0 Å². The minimum Gasteiger partial charge on any atom is -0.475 e. The minimum absolute atomic E-state index is 0.0667. The molecule has 7 nitrogen and oxygen atoms in total. The van der Waals surface area contributed by atoms with Crippen LogP contribution in [0.4, 0.5) is 5.69 Å². The molecule has 7 heteroatoms. The number of carbonyl (C=O) groups is 2. The molecule has 2 amide bonds. The van der Waals surface area contributed by atoms with Crippen LogP contribution in [0.2, 0.25) is 0 Å². The summed E-state index contributed by atoms with van der Waals surface area (Å²) in [6.07, 6.45) is 3.92. The van der Waals surface area contributed by atoms with Crippen molar-refractivity contribution in [2.75, 3.05) is 25.0 Å². The molecule has 0 bridgehead atoms. The van der Waals surface area contributed by atoms with Gasteiger partial charge in [0.2, 0.25) is 11.8 Å². The van der Waals surface area contributed by atoms with Gasteiger partial charge in [0, 0.05) is 30.9 Å². The SMILES string of the molecule is CC(=O)Nc1cccc(-c2ncc3c(n2)OCCN(CC2CC2)C3=O)c1. The van der Waals surface area contributed by atoms with Crippen LogP contribution in [-0.4, -0.2) is 46.4 Å². The number of benzene rings is 1. The maximum Gasteiger partial charge on any atom is 0.261 e. The van der Waals surface area contributed by atoms with E-state index in [1.165, 1.54) is 26.0 Å². The van der Waals surface area contributed by atoms with E-state index in [2.05, 4.69) is 15.3 Å². The predicted octanol–water partition coefficient (Wildman–Crippen LogP) is 2.35. The molecule has 134 valence electrons. The average Bonchev–Trinajstić information content (AvgIpc) is 3.45. The highest BCUT2D eigenvalue weighted by atomic mass is 16.5. The van der Waals surface area contributed by atoms with E-state index in [9.17, 15) is 9.59 Å². The molecule has 1 aromatic carbocycles. The molecule has 2 aliphatic rings. The maximum absolute atomic E-state index is 12.7. The molecule has 1 N–H and O–H groups in total. The summed E-state index contributed by atoms with van der Waals surface area (Å²) in [7, 11) is 0. The summed E-state index contributed by atoms with van der Waals surface area (Å²) in [4.78, 5) is 34.6. The van der Waals surface area contributed by atoms with Gasteiger partial charge in [0.15, 0.2) is 5.82 Å². The Morgan fingerprint density at radius 1 is 1.38 bits per heavy atom. The van der Waals surface area contributed by atoms with Crippen LogP contribution < -0.4 is 10.1 Å². The summed E-state index contributed by atoms with van der Waals surface area (Å²) in [6, 6.07) is 7.26. The molecule has 4 rings (SSSR count). The first-order valence-electron chi connectivity index (χ1n) is 8.77. The van der Waals surface area contributed by atoms with Gasteiger partial charge in [-0.15, -0.1) is 0 Å². The van der Waals surface area contributed by atoms with Gasteiger partial charge in [-0.1, -0.05) is 12.1 Å². The Hall–Kier alpha value is -2.96. The fourth-order valence-electron chi connectivity index (χ4n) is 3.01. The lowest BCUT2D eigenvalue weighted by molar-refractivity contribution is -0.114. The van der Waals surface area contributed by atoms with Crippen LogP contribution in [-0.2, 0) is 4.79 Å². The van der Waals surface area contributed by atoms with E-state index in [0.29, 0.717) is 42.0 Å². The second-order valence-electron chi connectivity index (χ2n) is 6.72. The molecule has 1 saturated carbocycles. The number of hydrogen-bond donors (Lipinski definition) is 1. The number of amides is 2. The van der Waals surface area contributed by atoms with Crippen LogP contribution >= 0.6 is 0 Å².